The highest BCUT2D eigenvalue weighted by Gasteiger charge is 2.65. The molecule has 0 unspecified atom stereocenters. The van der Waals surface area contributed by atoms with Gasteiger partial charge in [-0.05, 0) is 72.6 Å². The number of nitrogens with zero attached hydrogens (tertiary/aromatic N) is 5. The van der Waals surface area contributed by atoms with Gasteiger partial charge in [0.25, 0.3) is 5.82 Å². The Hall–Kier alpha value is -5.02. The quantitative estimate of drug-likeness (QED) is 0.0663. The Morgan fingerprint density at radius 2 is 1.73 bits per heavy atom. The third-order valence-corrected chi connectivity index (χ3v) is 10.1. The van der Waals surface area contributed by atoms with E-state index in [2.05, 4.69) is 36.9 Å². The molecule has 4 aromatic rings. The highest BCUT2D eigenvalue weighted by atomic mass is 19.4. The maximum Gasteiger partial charge on any atom is 0.442 e. The van der Waals surface area contributed by atoms with E-state index in [0.29, 0.717) is 29.1 Å². The first-order chi connectivity index (χ1) is 24.8. The Morgan fingerprint density at radius 3 is 2.37 bits per heavy atom. The van der Waals surface area contributed by atoms with Gasteiger partial charge in [0.15, 0.2) is 17.6 Å². The number of aryl methyl sites for hydroxylation is 1. The Labute approximate surface area is 301 Å². The van der Waals surface area contributed by atoms with Crippen LogP contribution in [-0.4, -0.2) is 46.8 Å². The number of carbonyl (C=O) groups excluding carboxylic acids is 2. The number of hydrogen-bond acceptors (Lipinski definition) is 7. The number of terminal acetylenes is 1. The first kappa shape index (κ1) is 36.8. The molecule has 0 spiro atoms. The van der Waals surface area contributed by atoms with Gasteiger partial charge in [0, 0.05) is 12.1 Å². The molecule has 272 valence electrons. The van der Waals surface area contributed by atoms with Gasteiger partial charge < -0.3 is 9.47 Å². The molecule has 0 N–H and O–H groups in total. The molecule has 1 saturated carbocycles. The summed E-state index contributed by atoms with van der Waals surface area (Å²) >= 11 is 0. The number of halogens is 3. The maximum atomic E-state index is 13.5. The van der Waals surface area contributed by atoms with Crippen molar-refractivity contribution in [2.45, 2.75) is 71.1 Å². The molecule has 0 saturated heterocycles. The second-order valence-corrected chi connectivity index (χ2v) is 14.2. The van der Waals surface area contributed by atoms with E-state index in [1.54, 1.807) is 17.0 Å². The molecule has 1 aliphatic heterocycles. The van der Waals surface area contributed by atoms with Crippen molar-refractivity contribution in [2.24, 2.45) is 35.0 Å². The van der Waals surface area contributed by atoms with Crippen LogP contribution < -0.4 is 9.30 Å². The van der Waals surface area contributed by atoms with Crippen LogP contribution in [0.15, 0.2) is 83.0 Å². The van der Waals surface area contributed by atoms with Gasteiger partial charge in [-0.3, -0.25) is 9.69 Å². The van der Waals surface area contributed by atoms with Crippen molar-refractivity contribution in [1.82, 2.24) is 9.47 Å². The summed E-state index contributed by atoms with van der Waals surface area (Å²) in [5.41, 5.74) is 0.758. The van der Waals surface area contributed by atoms with Crippen molar-refractivity contribution in [1.29, 1.82) is 0 Å². The van der Waals surface area contributed by atoms with Crippen molar-refractivity contribution in [2.75, 3.05) is 13.1 Å². The minimum atomic E-state index is -4.61. The lowest BCUT2D eigenvalue weighted by Crippen LogP contribution is -2.37. The van der Waals surface area contributed by atoms with E-state index in [0.717, 1.165) is 41.7 Å². The number of ether oxygens (including phenoxy) is 2. The molecule has 1 aromatic heterocycles. The third-order valence-electron chi connectivity index (χ3n) is 10.1. The van der Waals surface area contributed by atoms with Gasteiger partial charge in [0.2, 0.25) is 0 Å². The molecule has 3 aromatic carbocycles. The molecule has 0 radical (unpaired) electrons. The van der Waals surface area contributed by atoms with Gasteiger partial charge in [-0.15, -0.1) is 16.7 Å². The molecule has 2 aliphatic rings. The summed E-state index contributed by atoms with van der Waals surface area (Å²) in [4.78, 5) is 28.2. The fourth-order valence-electron chi connectivity index (χ4n) is 7.34. The maximum absolute atomic E-state index is 13.5. The van der Waals surface area contributed by atoms with E-state index in [4.69, 9.17) is 15.9 Å². The second kappa shape index (κ2) is 14.9. The van der Waals surface area contributed by atoms with Crippen LogP contribution in [-0.2, 0) is 40.1 Å². The normalized spacial score (nSPS) is 19.5. The first-order valence-corrected chi connectivity index (χ1v) is 17.5. The van der Waals surface area contributed by atoms with Crippen LogP contribution in [0, 0.1) is 30.1 Å². The molecule has 2 heterocycles. The molecular formula is C40H43F3N5O4+. The van der Waals surface area contributed by atoms with E-state index in [1.807, 2.05) is 52.6 Å². The number of benzene rings is 3. The topological polar surface area (TPSA) is 89.4 Å². The third kappa shape index (κ3) is 7.75. The van der Waals surface area contributed by atoms with E-state index >= 15 is 0 Å². The minimum Gasteiger partial charge on any atom is -0.459 e. The van der Waals surface area contributed by atoms with Crippen LogP contribution >= 0.6 is 0 Å². The first-order valence-electron chi connectivity index (χ1n) is 17.5. The van der Waals surface area contributed by atoms with E-state index in [9.17, 15) is 22.8 Å². The fraction of sp³-hybridized carbons (Fsp3) is 0.425. The van der Waals surface area contributed by atoms with Crippen LogP contribution in [0.1, 0.15) is 51.2 Å². The SMILES string of the molecule is C#CCN(CC(=O)Oc1ccc(-c2n(CC(=O)O[C@@H]3C[C@H](C)CC[C@H]3C(C)C)c3ccccc3[n+]2C)cc1)Cc1ccc(C2(C(F)(F)F)N=N2)cc1. The van der Waals surface area contributed by atoms with Crippen molar-refractivity contribution in [3.05, 3.63) is 83.9 Å². The lowest BCUT2D eigenvalue weighted by atomic mass is 9.75. The van der Waals surface area contributed by atoms with Gasteiger partial charge >= 0.3 is 23.8 Å². The average molecular weight is 715 g/mol. The molecule has 0 bridgehead atoms. The Balaban J connectivity index is 1.13. The van der Waals surface area contributed by atoms with Crippen LogP contribution in [0.3, 0.4) is 0 Å². The van der Waals surface area contributed by atoms with Gasteiger partial charge in [0.05, 0.1) is 25.7 Å². The number of carbonyl (C=O) groups is 2. The van der Waals surface area contributed by atoms with Crippen LogP contribution in [0.4, 0.5) is 13.2 Å². The minimum absolute atomic E-state index is 0.0464. The summed E-state index contributed by atoms with van der Waals surface area (Å²) in [6, 6.07) is 20.7. The van der Waals surface area contributed by atoms with E-state index in [1.165, 1.54) is 24.3 Å². The molecule has 3 atom stereocenters. The molecule has 12 heteroatoms. The van der Waals surface area contributed by atoms with Crippen molar-refractivity contribution >= 4 is 23.0 Å². The van der Waals surface area contributed by atoms with Crippen LogP contribution in [0.25, 0.3) is 22.4 Å². The molecule has 9 nitrogen and oxygen atoms in total. The molecule has 6 rings (SSSR count). The number of imidazole rings is 1. The summed E-state index contributed by atoms with van der Waals surface area (Å²) in [7, 11) is 1.95. The Kier molecular flexibility index (Phi) is 10.5. The highest BCUT2D eigenvalue weighted by molar-refractivity contribution is 5.80. The highest BCUT2D eigenvalue weighted by Crippen LogP contribution is 2.52. The van der Waals surface area contributed by atoms with E-state index < -0.39 is 17.8 Å². The summed E-state index contributed by atoms with van der Waals surface area (Å²) < 4.78 is 56.0. The Bertz CT molecular complexity index is 1990. The lowest BCUT2D eigenvalue weighted by Gasteiger charge is -2.36. The zero-order valence-corrected chi connectivity index (χ0v) is 29.8. The molecule has 0 amide bonds. The smallest absolute Gasteiger partial charge is 0.442 e. The number of hydrogen-bond donors (Lipinski definition) is 0. The standard InChI is InChI=1S/C40H43F3N5O4/c1-6-21-47(23-28-12-16-30(17-13-28)39(44-45-39)40(41,42)43)24-36(49)51-31-18-14-29(15-19-31)38-46(5)33-9-7-8-10-34(33)48(38)25-37(50)52-35-22-27(4)11-20-32(35)26(2)3/h1,7-10,12-19,26-27,32,35H,11,20-25H2,2-5H3/q+1/t27-,32+,35-/m1/s1. The van der Waals surface area contributed by atoms with E-state index in [-0.39, 0.29) is 43.8 Å². The van der Waals surface area contributed by atoms with Gasteiger partial charge in [-0.1, -0.05) is 69.5 Å². The number of para-hydroxylation sites is 2. The summed E-state index contributed by atoms with van der Waals surface area (Å²) in [6.45, 7) is 6.83. The largest absolute Gasteiger partial charge is 0.459 e. The fourth-order valence-corrected chi connectivity index (χ4v) is 7.34. The summed E-state index contributed by atoms with van der Waals surface area (Å²) in [6.07, 6.45) is 3.90. The number of rotatable bonds is 12. The number of aromatic nitrogens is 2. The second-order valence-electron chi connectivity index (χ2n) is 14.2. The average Bonchev–Trinajstić information content (AvgIpc) is 3.87. The van der Waals surface area contributed by atoms with Crippen LogP contribution in [0.5, 0.6) is 5.75 Å². The predicted molar refractivity (Wildman–Crippen MR) is 189 cm³/mol. The lowest BCUT2D eigenvalue weighted by molar-refractivity contribution is -0.634. The molecular weight excluding hydrogens is 671 g/mol. The van der Waals surface area contributed by atoms with Gasteiger partial charge in [-0.25, -0.2) is 13.9 Å². The molecule has 1 fully saturated rings. The predicted octanol–water partition coefficient (Wildman–Crippen LogP) is 7.36. The number of esters is 2. The monoisotopic (exact) mass is 714 g/mol. The summed E-state index contributed by atoms with van der Waals surface area (Å²) in [5, 5.41) is 6.47. The van der Waals surface area contributed by atoms with Gasteiger partial charge in [-0.2, -0.15) is 13.2 Å². The van der Waals surface area contributed by atoms with Crippen molar-refractivity contribution < 1.29 is 36.8 Å². The zero-order valence-electron chi connectivity index (χ0n) is 29.8. The van der Waals surface area contributed by atoms with Crippen LogP contribution in [0.2, 0.25) is 0 Å². The number of fused-ring (bicyclic) bond motifs is 1. The van der Waals surface area contributed by atoms with Crippen molar-refractivity contribution in [3.63, 3.8) is 0 Å². The molecule has 52 heavy (non-hydrogen) atoms. The van der Waals surface area contributed by atoms with Gasteiger partial charge in [0.1, 0.15) is 11.9 Å². The number of alkyl halides is 3. The zero-order chi connectivity index (χ0) is 37.2. The summed E-state index contributed by atoms with van der Waals surface area (Å²) in [5.74, 6) is 4.09. The molecule has 1 aliphatic carbocycles. The Morgan fingerprint density at radius 1 is 1.04 bits per heavy atom. The van der Waals surface area contributed by atoms with Crippen molar-refractivity contribution in [3.8, 4) is 29.5 Å².